The Kier molecular flexibility index (Phi) is 3.63. The molecule has 0 atom stereocenters. The maximum absolute atomic E-state index is 10.4. The van der Waals surface area contributed by atoms with Crippen LogP contribution in [-0.2, 0) is 0 Å². The van der Waals surface area contributed by atoms with Crippen molar-refractivity contribution in [2.45, 2.75) is 10.2 Å². The summed E-state index contributed by atoms with van der Waals surface area (Å²) in [5, 5.41) is 1.38. The van der Waals surface area contributed by atoms with Crippen LogP contribution in [0.1, 0.15) is 10.4 Å². The van der Waals surface area contributed by atoms with E-state index in [4.69, 9.17) is 0 Å². The fourth-order valence-corrected chi connectivity index (χ4v) is 1.83. The van der Waals surface area contributed by atoms with E-state index in [0.717, 1.165) is 9.50 Å². The van der Waals surface area contributed by atoms with Gasteiger partial charge < -0.3 is 0 Å². The fraction of sp³-hybridized carbons (Fsp3) is 0. The Labute approximate surface area is 105 Å². The summed E-state index contributed by atoms with van der Waals surface area (Å²) in [4.78, 5) is 22.7. The molecule has 6 heteroatoms. The van der Waals surface area contributed by atoms with Gasteiger partial charge in [-0.25, -0.2) is 15.0 Å². The minimum Gasteiger partial charge on any atom is -0.298 e. The van der Waals surface area contributed by atoms with Crippen molar-refractivity contribution in [1.82, 2.24) is 15.0 Å². The summed E-state index contributed by atoms with van der Waals surface area (Å²) in [6, 6.07) is 3.76. The van der Waals surface area contributed by atoms with Crippen LogP contribution in [0.15, 0.2) is 45.4 Å². The van der Waals surface area contributed by atoms with E-state index in [2.05, 4.69) is 30.9 Å². The molecule has 2 aromatic heterocycles. The monoisotopic (exact) mass is 295 g/mol. The average molecular weight is 296 g/mol. The van der Waals surface area contributed by atoms with Gasteiger partial charge in [-0.2, -0.15) is 0 Å². The second-order valence-electron chi connectivity index (χ2n) is 2.83. The van der Waals surface area contributed by atoms with Crippen molar-refractivity contribution < 1.29 is 4.79 Å². The lowest BCUT2D eigenvalue weighted by Gasteiger charge is -1.98. The number of aldehydes is 1. The molecule has 0 radical (unpaired) electrons. The van der Waals surface area contributed by atoms with E-state index in [1.54, 1.807) is 6.20 Å². The topological polar surface area (TPSA) is 55.7 Å². The number of carbonyl (C=O) groups excluding carboxylic acids is 1. The zero-order chi connectivity index (χ0) is 11.4. The zero-order valence-corrected chi connectivity index (χ0v) is 10.4. The molecule has 0 bridgehead atoms. The Hall–Kier alpha value is -1.27. The first kappa shape index (κ1) is 11.2. The van der Waals surface area contributed by atoms with Crippen molar-refractivity contribution >= 4 is 34.0 Å². The smallest absolute Gasteiger partial charge is 0.193 e. The van der Waals surface area contributed by atoms with Crippen molar-refractivity contribution in [2.24, 2.45) is 0 Å². The first-order valence-corrected chi connectivity index (χ1v) is 5.95. The highest BCUT2D eigenvalue weighted by Crippen LogP contribution is 2.22. The first-order chi connectivity index (χ1) is 7.78. The summed E-state index contributed by atoms with van der Waals surface area (Å²) in [6.45, 7) is 0. The largest absolute Gasteiger partial charge is 0.298 e. The molecule has 0 aliphatic carbocycles. The van der Waals surface area contributed by atoms with E-state index in [1.165, 1.54) is 24.2 Å². The fourth-order valence-electron chi connectivity index (χ4n) is 0.956. The molecular formula is C10H6BrN3OS. The van der Waals surface area contributed by atoms with Crippen LogP contribution in [0.4, 0.5) is 0 Å². The van der Waals surface area contributed by atoms with E-state index in [1.807, 2.05) is 12.1 Å². The predicted octanol–water partition coefficient (Wildman–Crippen LogP) is 2.60. The average Bonchev–Trinajstić information content (AvgIpc) is 2.33. The molecule has 2 aromatic rings. The minimum atomic E-state index is 0.466. The number of pyridine rings is 1. The van der Waals surface area contributed by atoms with Gasteiger partial charge in [0.05, 0.1) is 5.56 Å². The third kappa shape index (κ3) is 2.86. The molecule has 0 aliphatic rings. The lowest BCUT2D eigenvalue weighted by atomic mass is 10.4. The molecule has 0 N–H and O–H groups in total. The molecule has 0 spiro atoms. The number of hydrogen-bond donors (Lipinski definition) is 0. The molecule has 0 unspecified atom stereocenters. The van der Waals surface area contributed by atoms with Crippen LogP contribution >= 0.6 is 27.7 Å². The predicted molar refractivity (Wildman–Crippen MR) is 63.5 cm³/mol. The van der Waals surface area contributed by atoms with E-state index in [-0.39, 0.29) is 0 Å². The highest BCUT2D eigenvalue weighted by molar-refractivity contribution is 9.10. The summed E-state index contributed by atoms with van der Waals surface area (Å²) in [6.07, 6.45) is 5.40. The second-order valence-corrected chi connectivity index (χ2v) is 4.74. The standard InChI is InChI=1S/C10H6BrN3OS/c11-8-1-2-9(12-5-8)16-10-13-3-7(6-15)4-14-10/h1-6H. The second kappa shape index (κ2) is 5.18. The number of rotatable bonds is 3. The number of carbonyl (C=O) groups is 1. The van der Waals surface area contributed by atoms with E-state index >= 15 is 0 Å². The molecule has 0 saturated heterocycles. The van der Waals surface area contributed by atoms with Gasteiger partial charge in [0.25, 0.3) is 0 Å². The molecule has 0 aliphatic heterocycles. The molecule has 4 nitrogen and oxygen atoms in total. The molecule has 16 heavy (non-hydrogen) atoms. The molecule has 2 rings (SSSR count). The van der Waals surface area contributed by atoms with Crippen molar-refractivity contribution in [3.05, 3.63) is 40.8 Å². The minimum absolute atomic E-state index is 0.466. The normalized spacial score (nSPS) is 10.1. The Bertz CT molecular complexity index is 486. The van der Waals surface area contributed by atoms with Gasteiger partial charge in [0.2, 0.25) is 0 Å². The van der Waals surface area contributed by atoms with Crippen LogP contribution in [0, 0.1) is 0 Å². The molecule has 2 heterocycles. The Morgan fingerprint density at radius 3 is 2.44 bits per heavy atom. The lowest BCUT2D eigenvalue weighted by molar-refractivity contribution is 0.112. The Morgan fingerprint density at radius 1 is 1.12 bits per heavy atom. The van der Waals surface area contributed by atoms with Crippen LogP contribution in [0.2, 0.25) is 0 Å². The number of nitrogens with zero attached hydrogens (tertiary/aromatic N) is 3. The maximum Gasteiger partial charge on any atom is 0.193 e. The summed E-state index contributed by atoms with van der Waals surface area (Å²) in [5.74, 6) is 0. The summed E-state index contributed by atoms with van der Waals surface area (Å²) in [7, 11) is 0. The first-order valence-electron chi connectivity index (χ1n) is 4.34. The summed E-state index contributed by atoms with van der Waals surface area (Å²) in [5.41, 5.74) is 0.466. The van der Waals surface area contributed by atoms with E-state index in [9.17, 15) is 4.79 Å². The van der Waals surface area contributed by atoms with Crippen LogP contribution in [0.3, 0.4) is 0 Å². The summed E-state index contributed by atoms with van der Waals surface area (Å²) >= 11 is 4.65. The van der Waals surface area contributed by atoms with Gasteiger partial charge in [-0.1, -0.05) is 0 Å². The SMILES string of the molecule is O=Cc1cnc(Sc2ccc(Br)cn2)nc1. The van der Waals surface area contributed by atoms with Gasteiger partial charge in [-0.05, 0) is 39.8 Å². The van der Waals surface area contributed by atoms with Crippen LogP contribution < -0.4 is 0 Å². The van der Waals surface area contributed by atoms with Gasteiger partial charge in [0, 0.05) is 23.1 Å². The van der Waals surface area contributed by atoms with Crippen molar-refractivity contribution in [2.75, 3.05) is 0 Å². The Balaban J connectivity index is 2.14. The van der Waals surface area contributed by atoms with Gasteiger partial charge >= 0.3 is 0 Å². The van der Waals surface area contributed by atoms with E-state index in [0.29, 0.717) is 17.0 Å². The number of hydrogen-bond acceptors (Lipinski definition) is 5. The van der Waals surface area contributed by atoms with Gasteiger partial charge in [0.1, 0.15) is 5.03 Å². The van der Waals surface area contributed by atoms with Gasteiger partial charge in [-0.3, -0.25) is 4.79 Å². The zero-order valence-electron chi connectivity index (χ0n) is 8.00. The van der Waals surface area contributed by atoms with Crippen LogP contribution in [-0.4, -0.2) is 21.2 Å². The van der Waals surface area contributed by atoms with Crippen molar-refractivity contribution in [1.29, 1.82) is 0 Å². The molecule has 0 aromatic carbocycles. The van der Waals surface area contributed by atoms with Crippen LogP contribution in [0.25, 0.3) is 0 Å². The van der Waals surface area contributed by atoms with Crippen molar-refractivity contribution in [3.63, 3.8) is 0 Å². The molecule has 0 fully saturated rings. The lowest BCUT2D eigenvalue weighted by Crippen LogP contribution is -1.89. The third-order valence-electron chi connectivity index (χ3n) is 1.68. The third-order valence-corrected chi connectivity index (χ3v) is 2.99. The van der Waals surface area contributed by atoms with Gasteiger partial charge in [0.15, 0.2) is 11.4 Å². The number of halogens is 1. The Morgan fingerprint density at radius 2 is 1.88 bits per heavy atom. The number of aromatic nitrogens is 3. The molecular weight excluding hydrogens is 290 g/mol. The summed E-state index contributed by atoms with van der Waals surface area (Å²) < 4.78 is 0.925. The van der Waals surface area contributed by atoms with E-state index < -0.39 is 0 Å². The maximum atomic E-state index is 10.4. The molecule has 0 saturated carbocycles. The molecule has 80 valence electrons. The molecule has 0 amide bonds. The highest BCUT2D eigenvalue weighted by atomic mass is 79.9. The van der Waals surface area contributed by atoms with Crippen molar-refractivity contribution in [3.8, 4) is 0 Å². The van der Waals surface area contributed by atoms with Crippen LogP contribution in [0.5, 0.6) is 0 Å². The quantitative estimate of drug-likeness (QED) is 0.643. The van der Waals surface area contributed by atoms with Gasteiger partial charge in [-0.15, -0.1) is 0 Å². The highest BCUT2D eigenvalue weighted by Gasteiger charge is 2.01.